The number of aldehydes is 1. The van der Waals surface area contributed by atoms with Crippen LogP contribution < -0.4 is 0 Å². The minimum absolute atomic E-state index is 0.291. The Balaban J connectivity index is 1.99. The van der Waals surface area contributed by atoms with E-state index in [1.165, 1.54) is 12.8 Å². The molecule has 2 bridgehead atoms. The molecule has 12 heavy (non-hydrogen) atoms. The standard InChI is InChI=1S/C10H16O2/c11-2-1-8-3-7-4-9(6-12)10(8)5-7/h6-11H,1-5H2. The molecule has 1 N–H and O–H groups in total. The number of rotatable bonds is 3. The predicted molar refractivity (Wildman–Crippen MR) is 45.6 cm³/mol. The Morgan fingerprint density at radius 2 is 2.17 bits per heavy atom. The van der Waals surface area contributed by atoms with Gasteiger partial charge in [-0.25, -0.2) is 0 Å². The minimum Gasteiger partial charge on any atom is -0.396 e. The van der Waals surface area contributed by atoms with Gasteiger partial charge in [0.15, 0.2) is 0 Å². The quantitative estimate of drug-likeness (QED) is 0.643. The highest BCUT2D eigenvalue weighted by Gasteiger charge is 2.45. The fraction of sp³-hybridized carbons (Fsp3) is 0.900. The zero-order valence-corrected chi connectivity index (χ0v) is 7.28. The van der Waals surface area contributed by atoms with Gasteiger partial charge in [-0.1, -0.05) is 0 Å². The van der Waals surface area contributed by atoms with Gasteiger partial charge < -0.3 is 9.90 Å². The first kappa shape index (κ1) is 8.24. The lowest BCUT2D eigenvalue weighted by Gasteiger charge is -2.25. The first-order valence-corrected chi connectivity index (χ1v) is 4.91. The van der Waals surface area contributed by atoms with Gasteiger partial charge in [0, 0.05) is 12.5 Å². The van der Waals surface area contributed by atoms with Gasteiger partial charge in [-0.15, -0.1) is 0 Å². The van der Waals surface area contributed by atoms with Gasteiger partial charge in [0.05, 0.1) is 0 Å². The molecule has 4 atom stereocenters. The highest BCUT2D eigenvalue weighted by molar-refractivity contribution is 5.55. The van der Waals surface area contributed by atoms with Crippen molar-refractivity contribution >= 4 is 6.29 Å². The maximum atomic E-state index is 10.7. The lowest BCUT2D eigenvalue weighted by atomic mass is 9.80. The van der Waals surface area contributed by atoms with Crippen molar-refractivity contribution in [1.29, 1.82) is 0 Å². The van der Waals surface area contributed by atoms with Crippen molar-refractivity contribution in [2.24, 2.45) is 23.7 Å². The Morgan fingerprint density at radius 3 is 2.75 bits per heavy atom. The van der Waals surface area contributed by atoms with E-state index in [0.717, 1.165) is 25.0 Å². The maximum absolute atomic E-state index is 10.7. The average Bonchev–Trinajstić information content (AvgIpc) is 2.62. The molecule has 0 amide bonds. The molecule has 2 nitrogen and oxygen atoms in total. The van der Waals surface area contributed by atoms with E-state index in [9.17, 15) is 4.79 Å². The van der Waals surface area contributed by atoms with Gasteiger partial charge in [-0.05, 0) is 43.4 Å². The van der Waals surface area contributed by atoms with E-state index in [0.29, 0.717) is 24.4 Å². The number of hydrogen-bond donors (Lipinski definition) is 1. The van der Waals surface area contributed by atoms with E-state index >= 15 is 0 Å². The summed E-state index contributed by atoms with van der Waals surface area (Å²) in [6.07, 6.45) is 5.67. The molecule has 2 saturated carbocycles. The van der Waals surface area contributed by atoms with E-state index in [2.05, 4.69) is 0 Å². The zero-order valence-electron chi connectivity index (χ0n) is 7.28. The Kier molecular flexibility index (Phi) is 2.18. The normalized spacial score (nSPS) is 45.1. The Labute approximate surface area is 73.0 Å². The third kappa shape index (κ3) is 1.18. The lowest BCUT2D eigenvalue weighted by Crippen LogP contribution is -2.21. The fourth-order valence-electron chi connectivity index (χ4n) is 3.21. The SMILES string of the molecule is O=CC1CC2CC(CCO)C1C2. The van der Waals surface area contributed by atoms with Crippen LogP contribution >= 0.6 is 0 Å². The smallest absolute Gasteiger partial charge is 0.123 e. The molecule has 0 aromatic rings. The Morgan fingerprint density at radius 1 is 1.33 bits per heavy atom. The number of carbonyl (C=O) groups is 1. The maximum Gasteiger partial charge on any atom is 0.123 e. The summed E-state index contributed by atoms with van der Waals surface area (Å²) < 4.78 is 0. The summed E-state index contributed by atoms with van der Waals surface area (Å²) in [5.74, 6) is 2.37. The fourth-order valence-corrected chi connectivity index (χ4v) is 3.21. The molecule has 0 aromatic heterocycles. The molecule has 0 heterocycles. The summed E-state index contributed by atoms with van der Waals surface area (Å²) in [4.78, 5) is 10.7. The topological polar surface area (TPSA) is 37.3 Å². The molecule has 68 valence electrons. The summed E-state index contributed by atoms with van der Waals surface area (Å²) in [6.45, 7) is 0.291. The summed E-state index contributed by atoms with van der Waals surface area (Å²) in [7, 11) is 0. The predicted octanol–water partition coefficient (Wildman–Crippen LogP) is 1.23. The highest BCUT2D eigenvalue weighted by Crippen LogP contribution is 2.52. The van der Waals surface area contributed by atoms with Gasteiger partial charge in [0.25, 0.3) is 0 Å². The second kappa shape index (κ2) is 3.17. The molecule has 0 saturated heterocycles. The monoisotopic (exact) mass is 168 g/mol. The second-order valence-corrected chi connectivity index (χ2v) is 4.31. The van der Waals surface area contributed by atoms with E-state index in [1.807, 2.05) is 0 Å². The van der Waals surface area contributed by atoms with Gasteiger partial charge in [-0.2, -0.15) is 0 Å². The third-order valence-corrected chi connectivity index (χ3v) is 3.68. The van der Waals surface area contributed by atoms with E-state index < -0.39 is 0 Å². The second-order valence-electron chi connectivity index (χ2n) is 4.31. The van der Waals surface area contributed by atoms with Crippen LogP contribution in [0.4, 0.5) is 0 Å². The Bertz CT molecular complexity index is 179. The van der Waals surface area contributed by atoms with Crippen LogP contribution in [0.25, 0.3) is 0 Å². The molecule has 2 heteroatoms. The summed E-state index contributed by atoms with van der Waals surface area (Å²) in [5.41, 5.74) is 0. The molecule has 0 aliphatic heterocycles. The van der Waals surface area contributed by atoms with Crippen molar-refractivity contribution in [2.45, 2.75) is 25.7 Å². The van der Waals surface area contributed by atoms with Crippen LogP contribution in [0.3, 0.4) is 0 Å². The number of hydrogen-bond acceptors (Lipinski definition) is 2. The van der Waals surface area contributed by atoms with Crippen molar-refractivity contribution in [3.63, 3.8) is 0 Å². The molecule has 0 spiro atoms. The highest BCUT2D eigenvalue weighted by atomic mass is 16.3. The summed E-state index contributed by atoms with van der Waals surface area (Å²) in [5, 5.41) is 8.83. The molecular formula is C10H16O2. The van der Waals surface area contributed by atoms with E-state index in [1.54, 1.807) is 0 Å². The van der Waals surface area contributed by atoms with E-state index in [-0.39, 0.29) is 0 Å². The van der Waals surface area contributed by atoms with Crippen LogP contribution in [0.2, 0.25) is 0 Å². The lowest BCUT2D eigenvalue weighted by molar-refractivity contribution is -0.113. The van der Waals surface area contributed by atoms with Crippen molar-refractivity contribution < 1.29 is 9.90 Å². The first-order chi connectivity index (χ1) is 5.85. The van der Waals surface area contributed by atoms with Gasteiger partial charge in [-0.3, -0.25) is 0 Å². The van der Waals surface area contributed by atoms with Crippen molar-refractivity contribution in [3.8, 4) is 0 Å². The number of aliphatic hydroxyl groups excluding tert-OH is 1. The van der Waals surface area contributed by atoms with Crippen molar-refractivity contribution in [2.75, 3.05) is 6.61 Å². The third-order valence-electron chi connectivity index (χ3n) is 3.68. The summed E-state index contributed by atoms with van der Waals surface area (Å²) in [6, 6.07) is 0. The minimum atomic E-state index is 0.291. The van der Waals surface area contributed by atoms with Crippen LogP contribution in [-0.2, 0) is 4.79 Å². The number of aliphatic hydroxyl groups is 1. The molecular weight excluding hydrogens is 152 g/mol. The van der Waals surface area contributed by atoms with Crippen LogP contribution in [-0.4, -0.2) is 18.0 Å². The molecule has 2 aliphatic rings. The largest absolute Gasteiger partial charge is 0.396 e. The van der Waals surface area contributed by atoms with Crippen LogP contribution in [0.1, 0.15) is 25.7 Å². The van der Waals surface area contributed by atoms with Crippen molar-refractivity contribution in [3.05, 3.63) is 0 Å². The summed E-state index contributed by atoms with van der Waals surface area (Å²) >= 11 is 0. The van der Waals surface area contributed by atoms with Crippen LogP contribution in [0.5, 0.6) is 0 Å². The van der Waals surface area contributed by atoms with E-state index in [4.69, 9.17) is 5.11 Å². The van der Waals surface area contributed by atoms with Crippen LogP contribution in [0, 0.1) is 23.7 Å². The zero-order chi connectivity index (χ0) is 8.55. The van der Waals surface area contributed by atoms with Gasteiger partial charge >= 0.3 is 0 Å². The van der Waals surface area contributed by atoms with Gasteiger partial charge in [0.1, 0.15) is 6.29 Å². The molecule has 2 aliphatic carbocycles. The van der Waals surface area contributed by atoms with Crippen LogP contribution in [0.15, 0.2) is 0 Å². The number of carbonyl (C=O) groups excluding carboxylic acids is 1. The first-order valence-electron chi connectivity index (χ1n) is 4.91. The molecule has 0 radical (unpaired) electrons. The number of fused-ring (bicyclic) bond motifs is 2. The Hall–Kier alpha value is -0.370. The molecule has 2 rings (SSSR count). The molecule has 2 fully saturated rings. The molecule has 4 unspecified atom stereocenters. The molecule has 0 aromatic carbocycles. The van der Waals surface area contributed by atoms with Gasteiger partial charge in [0.2, 0.25) is 0 Å². The van der Waals surface area contributed by atoms with Crippen molar-refractivity contribution in [1.82, 2.24) is 0 Å². The average molecular weight is 168 g/mol.